The van der Waals surface area contributed by atoms with Gasteiger partial charge in [-0.3, -0.25) is 9.78 Å². The second kappa shape index (κ2) is 6.89. The van der Waals surface area contributed by atoms with Gasteiger partial charge in [-0.05, 0) is 42.8 Å². The maximum atomic E-state index is 13.0. The van der Waals surface area contributed by atoms with Gasteiger partial charge in [0.2, 0.25) is 0 Å². The van der Waals surface area contributed by atoms with Crippen LogP contribution in [0.15, 0.2) is 48.5 Å². The number of aromatic nitrogens is 1. The van der Waals surface area contributed by atoms with Crippen molar-refractivity contribution in [1.82, 2.24) is 9.88 Å². The summed E-state index contributed by atoms with van der Waals surface area (Å²) in [4.78, 5) is 18.9. The van der Waals surface area contributed by atoms with Crippen LogP contribution in [0.3, 0.4) is 0 Å². The molecule has 0 atom stereocenters. The van der Waals surface area contributed by atoms with Crippen molar-refractivity contribution >= 4 is 16.8 Å². The number of halogens is 1. The quantitative estimate of drug-likeness (QED) is 0.723. The second-order valence-corrected chi connectivity index (χ2v) is 5.97. The van der Waals surface area contributed by atoms with Crippen LogP contribution in [0, 0.1) is 12.7 Å². The predicted molar refractivity (Wildman–Crippen MR) is 95.2 cm³/mol. The lowest BCUT2D eigenvalue weighted by atomic mass is 10.1. The highest BCUT2D eigenvalue weighted by atomic mass is 19.1. The molecule has 0 aliphatic rings. The van der Waals surface area contributed by atoms with E-state index in [1.54, 1.807) is 31.2 Å². The number of hydrogen-bond acceptors (Lipinski definition) is 3. The highest BCUT2D eigenvalue weighted by molar-refractivity contribution is 5.98. The zero-order chi connectivity index (χ0) is 18.0. The summed E-state index contributed by atoms with van der Waals surface area (Å²) in [5.74, 6) is 0.321. The smallest absolute Gasteiger partial charge is 0.255 e. The fourth-order valence-electron chi connectivity index (χ4n) is 2.73. The molecule has 0 saturated carbocycles. The van der Waals surface area contributed by atoms with E-state index in [1.807, 2.05) is 31.2 Å². The van der Waals surface area contributed by atoms with Crippen LogP contribution in [0.2, 0.25) is 0 Å². The zero-order valence-electron chi connectivity index (χ0n) is 14.4. The first-order valence-electron chi connectivity index (χ1n) is 7.93. The molecule has 1 heterocycles. The lowest BCUT2D eigenvalue weighted by Gasteiger charge is -2.18. The van der Waals surface area contributed by atoms with Crippen molar-refractivity contribution in [2.24, 2.45) is 0 Å². The topological polar surface area (TPSA) is 42.4 Å². The lowest BCUT2D eigenvalue weighted by Crippen LogP contribution is -2.27. The third-order valence-corrected chi connectivity index (χ3v) is 4.13. The van der Waals surface area contributed by atoms with Gasteiger partial charge in [0.15, 0.2) is 0 Å². The second-order valence-electron chi connectivity index (χ2n) is 5.97. The first kappa shape index (κ1) is 16.9. The van der Waals surface area contributed by atoms with Crippen molar-refractivity contribution in [3.8, 4) is 5.75 Å². The molecular formula is C20H19FN2O2. The molecule has 5 heteroatoms. The van der Waals surface area contributed by atoms with Crippen LogP contribution < -0.4 is 4.74 Å². The zero-order valence-corrected chi connectivity index (χ0v) is 14.4. The number of carbonyl (C=O) groups is 1. The van der Waals surface area contributed by atoms with E-state index in [-0.39, 0.29) is 11.7 Å². The van der Waals surface area contributed by atoms with Crippen LogP contribution >= 0.6 is 0 Å². The molecule has 0 radical (unpaired) electrons. The van der Waals surface area contributed by atoms with E-state index in [2.05, 4.69) is 4.98 Å². The maximum absolute atomic E-state index is 13.0. The van der Waals surface area contributed by atoms with E-state index in [9.17, 15) is 9.18 Å². The van der Waals surface area contributed by atoms with Crippen molar-refractivity contribution in [3.05, 3.63) is 71.2 Å². The first-order chi connectivity index (χ1) is 12.0. The number of carbonyl (C=O) groups excluding carboxylic acids is 1. The Morgan fingerprint density at radius 2 is 1.88 bits per heavy atom. The molecule has 25 heavy (non-hydrogen) atoms. The molecule has 128 valence electrons. The van der Waals surface area contributed by atoms with Gasteiger partial charge in [-0.2, -0.15) is 0 Å². The largest absolute Gasteiger partial charge is 0.497 e. The summed E-state index contributed by atoms with van der Waals surface area (Å²) in [7, 11) is 3.33. The summed E-state index contributed by atoms with van der Waals surface area (Å²) < 4.78 is 18.2. The van der Waals surface area contributed by atoms with E-state index >= 15 is 0 Å². The summed E-state index contributed by atoms with van der Waals surface area (Å²) in [5.41, 5.74) is 2.88. The Bertz CT molecular complexity index is 923. The van der Waals surface area contributed by atoms with Gasteiger partial charge in [0.1, 0.15) is 11.6 Å². The molecule has 0 unspecified atom stereocenters. The fourth-order valence-corrected chi connectivity index (χ4v) is 2.73. The minimum atomic E-state index is -0.289. The molecule has 0 bridgehead atoms. The molecule has 3 aromatic rings. The molecule has 0 N–H and O–H groups in total. The molecule has 1 aromatic heterocycles. The van der Waals surface area contributed by atoms with Gasteiger partial charge in [0, 0.05) is 25.0 Å². The number of hydrogen-bond donors (Lipinski definition) is 0. The van der Waals surface area contributed by atoms with E-state index in [4.69, 9.17) is 4.74 Å². The monoisotopic (exact) mass is 338 g/mol. The standard InChI is InChI=1S/C20H19FN2O2/c1-13-18(10-15-6-9-17(25-3)11-19(15)22-13)20(24)23(2)12-14-4-7-16(21)8-5-14/h4-11H,12H2,1-3H3. The van der Waals surface area contributed by atoms with E-state index in [1.165, 1.54) is 12.1 Å². The van der Waals surface area contributed by atoms with Gasteiger partial charge >= 0.3 is 0 Å². The van der Waals surface area contributed by atoms with Crippen molar-refractivity contribution in [1.29, 1.82) is 0 Å². The van der Waals surface area contributed by atoms with Gasteiger partial charge in [0.05, 0.1) is 23.9 Å². The van der Waals surface area contributed by atoms with Gasteiger partial charge in [-0.15, -0.1) is 0 Å². The molecule has 4 nitrogen and oxygen atoms in total. The number of ether oxygens (including phenoxy) is 1. The number of fused-ring (bicyclic) bond motifs is 1. The number of amides is 1. The Morgan fingerprint density at radius 1 is 1.16 bits per heavy atom. The fraction of sp³-hybridized carbons (Fsp3) is 0.200. The molecule has 0 fully saturated rings. The number of nitrogens with zero attached hydrogens (tertiary/aromatic N) is 2. The molecule has 3 rings (SSSR count). The van der Waals surface area contributed by atoms with Crippen LogP contribution in [-0.4, -0.2) is 29.9 Å². The third-order valence-electron chi connectivity index (χ3n) is 4.13. The average Bonchev–Trinajstić information content (AvgIpc) is 2.61. The van der Waals surface area contributed by atoms with Crippen LogP contribution in [-0.2, 0) is 6.54 Å². The van der Waals surface area contributed by atoms with Crippen LogP contribution in [0.5, 0.6) is 5.75 Å². The number of pyridine rings is 1. The number of methoxy groups -OCH3 is 1. The maximum Gasteiger partial charge on any atom is 0.255 e. The lowest BCUT2D eigenvalue weighted by molar-refractivity contribution is 0.0784. The van der Waals surface area contributed by atoms with Crippen LogP contribution in [0.25, 0.3) is 10.9 Å². The van der Waals surface area contributed by atoms with Crippen molar-refractivity contribution in [2.75, 3.05) is 14.2 Å². The molecule has 0 saturated heterocycles. The molecule has 0 aliphatic heterocycles. The Kier molecular flexibility index (Phi) is 4.65. The molecule has 1 amide bonds. The van der Waals surface area contributed by atoms with E-state index in [0.717, 1.165) is 22.2 Å². The SMILES string of the molecule is COc1ccc2cc(C(=O)N(C)Cc3ccc(F)cc3)c(C)nc2c1. The summed E-state index contributed by atoms with van der Waals surface area (Å²) in [6, 6.07) is 13.6. The van der Waals surface area contributed by atoms with E-state index in [0.29, 0.717) is 17.8 Å². The highest BCUT2D eigenvalue weighted by Crippen LogP contribution is 2.22. The van der Waals surface area contributed by atoms with Crippen LogP contribution in [0.1, 0.15) is 21.6 Å². The minimum absolute atomic E-state index is 0.118. The summed E-state index contributed by atoms with van der Waals surface area (Å²) >= 11 is 0. The first-order valence-corrected chi connectivity index (χ1v) is 7.93. The molecular weight excluding hydrogens is 319 g/mol. The van der Waals surface area contributed by atoms with Crippen LogP contribution in [0.4, 0.5) is 4.39 Å². The van der Waals surface area contributed by atoms with Gasteiger partial charge in [-0.1, -0.05) is 12.1 Å². The molecule has 0 spiro atoms. The Balaban J connectivity index is 1.87. The molecule has 0 aliphatic carbocycles. The third kappa shape index (κ3) is 3.60. The van der Waals surface area contributed by atoms with Gasteiger partial charge in [0.25, 0.3) is 5.91 Å². The van der Waals surface area contributed by atoms with Crippen molar-refractivity contribution in [2.45, 2.75) is 13.5 Å². The Hall–Kier alpha value is -2.95. The highest BCUT2D eigenvalue weighted by Gasteiger charge is 2.16. The summed E-state index contributed by atoms with van der Waals surface area (Å²) in [6.45, 7) is 2.22. The Morgan fingerprint density at radius 3 is 2.56 bits per heavy atom. The van der Waals surface area contributed by atoms with Gasteiger partial charge < -0.3 is 9.64 Å². The van der Waals surface area contributed by atoms with Gasteiger partial charge in [-0.25, -0.2) is 4.39 Å². The summed E-state index contributed by atoms with van der Waals surface area (Å²) in [5, 5.41) is 0.880. The Labute approximate surface area is 145 Å². The number of rotatable bonds is 4. The van der Waals surface area contributed by atoms with Crippen molar-refractivity contribution in [3.63, 3.8) is 0 Å². The normalized spacial score (nSPS) is 10.7. The number of benzene rings is 2. The van der Waals surface area contributed by atoms with E-state index < -0.39 is 0 Å². The minimum Gasteiger partial charge on any atom is -0.497 e. The predicted octanol–water partition coefficient (Wildman–Crippen LogP) is 3.96. The van der Waals surface area contributed by atoms with Crippen molar-refractivity contribution < 1.29 is 13.9 Å². The average molecular weight is 338 g/mol. The number of aryl methyl sites for hydroxylation is 1. The summed E-state index contributed by atoms with van der Waals surface area (Å²) in [6.07, 6.45) is 0. The molecule has 2 aromatic carbocycles.